The van der Waals surface area contributed by atoms with Gasteiger partial charge in [0.05, 0.1) is 11.8 Å². The molecule has 0 atom stereocenters. The maximum Gasteiger partial charge on any atom is 0.192 e. The Balaban J connectivity index is 2.60. The fourth-order valence-electron chi connectivity index (χ4n) is 1.11. The van der Waals surface area contributed by atoms with Crippen molar-refractivity contribution in [2.45, 2.75) is 0 Å². The lowest BCUT2D eigenvalue weighted by molar-refractivity contribution is 0.636. The minimum Gasteiger partial charge on any atom is -0.380 e. The summed E-state index contributed by atoms with van der Waals surface area (Å²) in [5.41, 5.74) is 6.11. The molecule has 2 aromatic heterocycles. The Labute approximate surface area is 87.2 Å². The van der Waals surface area contributed by atoms with Crippen molar-refractivity contribution in [2.24, 2.45) is 7.05 Å². The summed E-state index contributed by atoms with van der Waals surface area (Å²) >= 11 is 3.28. The number of aromatic nitrogens is 4. The van der Waals surface area contributed by atoms with Crippen LogP contribution in [-0.4, -0.2) is 20.0 Å². The van der Waals surface area contributed by atoms with E-state index >= 15 is 0 Å². The Morgan fingerprint density at radius 1 is 1.64 bits per heavy atom. The zero-order valence-electron chi connectivity index (χ0n) is 7.25. The molecule has 5 nitrogen and oxygen atoms in total. The Hall–Kier alpha value is -1.37. The number of nitrogen functional groups attached to an aromatic ring is 1. The molecule has 0 radical (unpaired) electrons. The van der Waals surface area contributed by atoms with Gasteiger partial charge in [-0.3, -0.25) is 9.78 Å². The highest BCUT2D eigenvalue weighted by molar-refractivity contribution is 9.10. The Morgan fingerprint density at radius 3 is 2.79 bits per heavy atom. The highest BCUT2D eigenvalue weighted by atomic mass is 79.9. The Morgan fingerprint density at radius 2 is 2.36 bits per heavy atom. The summed E-state index contributed by atoms with van der Waals surface area (Å²) in [7, 11) is 1.74. The van der Waals surface area contributed by atoms with Crippen molar-refractivity contribution in [1.82, 2.24) is 20.0 Å². The molecule has 0 saturated carbocycles. The third-order valence-electron chi connectivity index (χ3n) is 1.87. The number of aryl methyl sites for hydroxylation is 1. The summed E-state index contributed by atoms with van der Waals surface area (Å²) in [5, 5.41) is 10.0. The monoisotopic (exact) mass is 259 g/mol. The molecule has 0 saturated heterocycles. The van der Waals surface area contributed by atoms with Crippen LogP contribution < -0.4 is 5.73 Å². The number of aromatic amines is 1. The topological polar surface area (TPSA) is 72.5 Å². The summed E-state index contributed by atoms with van der Waals surface area (Å²) in [4.78, 5) is 0. The molecule has 7 heteroatoms. The van der Waals surface area contributed by atoms with Gasteiger partial charge in [0.25, 0.3) is 0 Å². The average Bonchev–Trinajstić information content (AvgIpc) is 2.63. The second kappa shape index (κ2) is 3.09. The van der Waals surface area contributed by atoms with Crippen LogP contribution in [0.25, 0.3) is 11.3 Å². The zero-order valence-corrected chi connectivity index (χ0v) is 8.84. The third-order valence-corrected chi connectivity index (χ3v) is 2.81. The van der Waals surface area contributed by atoms with Gasteiger partial charge in [0.15, 0.2) is 11.6 Å². The molecule has 2 rings (SSSR count). The number of halogens is 2. The fourth-order valence-corrected chi connectivity index (χ4v) is 1.50. The molecular weight excluding hydrogens is 253 g/mol. The number of anilines is 1. The van der Waals surface area contributed by atoms with Crippen LogP contribution in [-0.2, 0) is 7.05 Å². The average molecular weight is 260 g/mol. The van der Waals surface area contributed by atoms with Crippen molar-refractivity contribution < 1.29 is 4.39 Å². The van der Waals surface area contributed by atoms with Gasteiger partial charge in [0.2, 0.25) is 0 Å². The van der Waals surface area contributed by atoms with Gasteiger partial charge in [0, 0.05) is 7.05 Å². The van der Waals surface area contributed by atoms with Crippen molar-refractivity contribution in [3.05, 3.63) is 16.6 Å². The van der Waals surface area contributed by atoms with Gasteiger partial charge in [0.1, 0.15) is 10.3 Å². The number of nitrogens with two attached hydrogens (primary N) is 1. The van der Waals surface area contributed by atoms with Crippen LogP contribution in [0.1, 0.15) is 0 Å². The van der Waals surface area contributed by atoms with Crippen LogP contribution in [0.3, 0.4) is 0 Å². The molecule has 0 aliphatic rings. The minimum absolute atomic E-state index is 0.143. The second-order valence-corrected chi connectivity index (χ2v) is 3.52. The standard InChI is InChI=1S/C7H7BrFN5/c1-14-6(8)3(2-11-14)5-4(9)7(10)13-12-5/h2H,1H3,(H3,10,12,13). The molecule has 0 spiro atoms. The lowest BCUT2D eigenvalue weighted by atomic mass is 10.2. The van der Waals surface area contributed by atoms with Crippen LogP contribution in [0.5, 0.6) is 0 Å². The van der Waals surface area contributed by atoms with Crippen LogP contribution >= 0.6 is 15.9 Å². The molecule has 0 aliphatic carbocycles. The minimum atomic E-state index is -0.557. The van der Waals surface area contributed by atoms with Gasteiger partial charge in [-0.25, -0.2) is 4.39 Å². The first-order valence-electron chi connectivity index (χ1n) is 3.78. The number of hydrogen-bond acceptors (Lipinski definition) is 3. The van der Waals surface area contributed by atoms with Gasteiger partial charge in [-0.05, 0) is 15.9 Å². The van der Waals surface area contributed by atoms with Gasteiger partial charge in [-0.15, -0.1) is 0 Å². The molecule has 2 aromatic rings. The molecule has 0 aliphatic heterocycles. The van der Waals surface area contributed by atoms with Gasteiger partial charge < -0.3 is 5.73 Å². The number of nitrogens with zero attached hydrogens (tertiary/aromatic N) is 3. The SMILES string of the molecule is Cn1ncc(-c2[nH]nc(N)c2F)c1Br. The van der Waals surface area contributed by atoms with E-state index in [0.29, 0.717) is 10.2 Å². The van der Waals surface area contributed by atoms with Crippen LogP contribution in [0, 0.1) is 5.82 Å². The largest absolute Gasteiger partial charge is 0.380 e. The Bertz CT molecular complexity index is 430. The summed E-state index contributed by atoms with van der Waals surface area (Å²) < 4.78 is 15.6. The molecule has 74 valence electrons. The maximum atomic E-state index is 13.4. The van der Waals surface area contributed by atoms with Crippen LogP contribution in [0.2, 0.25) is 0 Å². The van der Waals surface area contributed by atoms with E-state index in [-0.39, 0.29) is 11.5 Å². The lowest BCUT2D eigenvalue weighted by Crippen LogP contribution is -1.90. The van der Waals surface area contributed by atoms with E-state index < -0.39 is 5.82 Å². The lowest BCUT2D eigenvalue weighted by Gasteiger charge is -1.95. The second-order valence-electron chi connectivity index (χ2n) is 2.77. The number of nitrogens with one attached hydrogen (secondary N) is 1. The van der Waals surface area contributed by atoms with Crippen molar-refractivity contribution in [1.29, 1.82) is 0 Å². The van der Waals surface area contributed by atoms with Crippen molar-refractivity contribution in [3.8, 4) is 11.3 Å². The van der Waals surface area contributed by atoms with E-state index in [2.05, 4.69) is 31.2 Å². The molecule has 0 aromatic carbocycles. The van der Waals surface area contributed by atoms with E-state index in [0.717, 1.165) is 0 Å². The first-order valence-corrected chi connectivity index (χ1v) is 4.57. The predicted octanol–water partition coefficient (Wildman–Crippen LogP) is 1.29. The van der Waals surface area contributed by atoms with E-state index in [1.54, 1.807) is 11.7 Å². The maximum absolute atomic E-state index is 13.4. The molecular formula is C7H7BrFN5. The molecule has 0 unspecified atom stereocenters. The molecule has 14 heavy (non-hydrogen) atoms. The number of H-pyrrole nitrogens is 1. The smallest absolute Gasteiger partial charge is 0.192 e. The molecule has 0 amide bonds. The van der Waals surface area contributed by atoms with Gasteiger partial charge in [-0.1, -0.05) is 0 Å². The van der Waals surface area contributed by atoms with Crippen molar-refractivity contribution in [2.75, 3.05) is 5.73 Å². The normalized spacial score (nSPS) is 10.8. The first-order chi connectivity index (χ1) is 6.61. The highest BCUT2D eigenvalue weighted by Crippen LogP contribution is 2.29. The molecule has 2 heterocycles. The van der Waals surface area contributed by atoms with E-state index in [4.69, 9.17) is 5.73 Å². The summed E-state index contributed by atoms with van der Waals surface area (Å²) in [6.45, 7) is 0. The molecule has 3 N–H and O–H groups in total. The Kier molecular flexibility index (Phi) is 2.03. The number of hydrogen-bond donors (Lipinski definition) is 2. The van der Waals surface area contributed by atoms with Crippen LogP contribution in [0.4, 0.5) is 10.2 Å². The van der Waals surface area contributed by atoms with Crippen molar-refractivity contribution >= 4 is 21.7 Å². The third kappa shape index (κ3) is 1.20. The van der Waals surface area contributed by atoms with Crippen LogP contribution in [0.15, 0.2) is 10.8 Å². The quantitative estimate of drug-likeness (QED) is 0.811. The first kappa shape index (κ1) is 9.20. The molecule has 0 fully saturated rings. The van der Waals surface area contributed by atoms with E-state index in [1.807, 2.05) is 0 Å². The van der Waals surface area contributed by atoms with Gasteiger partial charge >= 0.3 is 0 Å². The van der Waals surface area contributed by atoms with E-state index in [1.165, 1.54) is 6.20 Å². The summed E-state index contributed by atoms with van der Waals surface area (Å²) in [5.74, 6) is -0.700. The van der Waals surface area contributed by atoms with E-state index in [9.17, 15) is 4.39 Å². The van der Waals surface area contributed by atoms with Gasteiger partial charge in [-0.2, -0.15) is 10.2 Å². The highest BCUT2D eigenvalue weighted by Gasteiger charge is 2.16. The number of rotatable bonds is 1. The molecule has 0 bridgehead atoms. The van der Waals surface area contributed by atoms with Crippen molar-refractivity contribution in [3.63, 3.8) is 0 Å². The fraction of sp³-hybridized carbons (Fsp3) is 0.143. The summed E-state index contributed by atoms with van der Waals surface area (Å²) in [6.07, 6.45) is 1.53. The predicted molar refractivity (Wildman–Crippen MR) is 52.9 cm³/mol. The zero-order chi connectivity index (χ0) is 10.3. The summed E-state index contributed by atoms with van der Waals surface area (Å²) in [6, 6.07) is 0.